The van der Waals surface area contributed by atoms with Crippen LogP contribution < -0.4 is 15.6 Å². The number of carbonyl (C=O) groups excluding carboxylic acids is 2. The lowest BCUT2D eigenvalue weighted by molar-refractivity contribution is -0.118. The predicted molar refractivity (Wildman–Crippen MR) is 136 cm³/mol. The van der Waals surface area contributed by atoms with Gasteiger partial charge < -0.3 is 14.8 Å². The van der Waals surface area contributed by atoms with E-state index in [2.05, 4.69) is 10.3 Å². The van der Waals surface area contributed by atoms with Gasteiger partial charge in [0.15, 0.2) is 0 Å². The average molecular weight is 512 g/mol. The first-order valence-electron chi connectivity index (χ1n) is 10.8. The molecular weight excluding hydrogens is 490 g/mol. The minimum atomic E-state index is -0.861. The van der Waals surface area contributed by atoms with E-state index in [1.807, 2.05) is 30.3 Å². The van der Waals surface area contributed by atoms with Gasteiger partial charge in [-0.3, -0.25) is 14.2 Å². The Balaban J connectivity index is 1.48. The first-order chi connectivity index (χ1) is 16.9. The fourth-order valence-corrected chi connectivity index (χ4v) is 4.63. The number of aromatic nitrogens is 2. The van der Waals surface area contributed by atoms with Crippen LogP contribution in [0.3, 0.4) is 0 Å². The Kier molecular flexibility index (Phi) is 7.48. The van der Waals surface area contributed by atoms with Gasteiger partial charge in [-0.2, -0.15) is 0 Å². The van der Waals surface area contributed by atoms with Crippen LogP contribution in [-0.2, 0) is 9.53 Å². The molecule has 0 saturated carbocycles. The van der Waals surface area contributed by atoms with Crippen LogP contribution >= 0.6 is 22.9 Å². The van der Waals surface area contributed by atoms with Crippen LogP contribution in [-0.4, -0.2) is 34.6 Å². The van der Waals surface area contributed by atoms with Gasteiger partial charge in [0.05, 0.1) is 22.4 Å². The van der Waals surface area contributed by atoms with Crippen molar-refractivity contribution in [3.05, 3.63) is 86.7 Å². The van der Waals surface area contributed by atoms with Crippen molar-refractivity contribution in [2.45, 2.75) is 19.9 Å². The van der Waals surface area contributed by atoms with E-state index in [4.69, 9.17) is 21.1 Å². The van der Waals surface area contributed by atoms with Crippen LogP contribution in [0, 0.1) is 6.92 Å². The number of anilines is 1. The quantitative estimate of drug-likeness (QED) is 0.268. The second kappa shape index (κ2) is 10.7. The molecule has 180 valence electrons. The third kappa shape index (κ3) is 5.36. The Morgan fingerprint density at radius 1 is 1.11 bits per heavy atom. The van der Waals surface area contributed by atoms with Gasteiger partial charge >= 0.3 is 5.97 Å². The number of carbonyl (C=O) groups is 2. The summed E-state index contributed by atoms with van der Waals surface area (Å²) in [5.41, 5.74) is 0.489. The van der Waals surface area contributed by atoms with Crippen molar-refractivity contribution in [2.24, 2.45) is 0 Å². The molecule has 4 aromatic rings. The highest BCUT2D eigenvalue weighted by Crippen LogP contribution is 2.28. The molecule has 0 saturated heterocycles. The van der Waals surface area contributed by atoms with E-state index in [1.165, 1.54) is 10.9 Å². The number of aryl methyl sites for hydroxylation is 1. The van der Waals surface area contributed by atoms with Gasteiger partial charge in [-0.25, -0.2) is 9.78 Å². The highest BCUT2D eigenvalue weighted by atomic mass is 35.5. The molecule has 4 rings (SSSR count). The van der Waals surface area contributed by atoms with Crippen LogP contribution in [0.1, 0.15) is 28.2 Å². The lowest BCUT2D eigenvalue weighted by Crippen LogP contribution is -2.31. The van der Waals surface area contributed by atoms with Crippen molar-refractivity contribution in [1.82, 2.24) is 9.55 Å². The summed E-state index contributed by atoms with van der Waals surface area (Å²) in [6.07, 6.45) is 1.31. The second-order valence-electron chi connectivity index (χ2n) is 7.64. The zero-order chi connectivity index (χ0) is 24.9. The van der Waals surface area contributed by atoms with Gasteiger partial charge in [0.2, 0.25) is 5.91 Å². The van der Waals surface area contributed by atoms with E-state index in [9.17, 15) is 14.4 Å². The van der Waals surface area contributed by atoms with Crippen molar-refractivity contribution >= 4 is 50.7 Å². The number of halogens is 1. The standard InChI is InChI=1S/C25H22ClN3O5S/c1-15-20-23(35-21(15)25(32)34-13-12-33-17-8-4-3-5-9-17)27-14-29(24(20)31)16(2)22(30)28-19-11-7-6-10-18(19)26/h3-11,14,16H,12-13H2,1-2H3,(H,28,30). The fourth-order valence-electron chi connectivity index (χ4n) is 3.41. The van der Waals surface area contributed by atoms with Crippen LogP contribution in [0.4, 0.5) is 5.69 Å². The van der Waals surface area contributed by atoms with Crippen LogP contribution in [0.2, 0.25) is 5.02 Å². The van der Waals surface area contributed by atoms with E-state index in [-0.39, 0.29) is 23.5 Å². The van der Waals surface area contributed by atoms with E-state index in [0.29, 0.717) is 26.9 Å². The molecule has 2 aromatic carbocycles. The molecule has 0 bridgehead atoms. The van der Waals surface area contributed by atoms with Gasteiger partial charge in [0.25, 0.3) is 5.56 Å². The van der Waals surface area contributed by atoms with E-state index in [1.54, 1.807) is 38.1 Å². The molecule has 0 aliphatic rings. The van der Waals surface area contributed by atoms with Crippen molar-refractivity contribution in [1.29, 1.82) is 0 Å². The summed E-state index contributed by atoms with van der Waals surface area (Å²) in [5.74, 6) is -0.302. The molecule has 2 aromatic heterocycles. The maximum atomic E-state index is 13.2. The van der Waals surface area contributed by atoms with Crippen LogP contribution in [0.5, 0.6) is 5.75 Å². The third-order valence-electron chi connectivity index (χ3n) is 5.32. The molecule has 1 unspecified atom stereocenters. The summed E-state index contributed by atoms with van der Waals surface area (Å²) in [5, 5.41) is 3.39. The lowest BCUT2D eigenvalue weighted by Gasteiger charge is -2.15. The van der Waals surface area contributed by atoms with E-state index < -0.39 is 23.5 Å². The fraction of sp³-hybridized carbons (Fsp3) is 0.200. The Morgan fingerprint density at radius 3 is 2.57 bits per heavy atom. The molecule has 0 spiro atoms. The van der Waals surface area contributed by atoms with Crippen LogP contribution in [0.15, 0.2) is 65.7 Å². The highest BCUT2D eigenvalue weighted by Gasteiger charge is 2.24. The summed E-state index contributed by atoms with van der Waals surface area (Å²) < 4.78 is 12.1. The van der Waals surface area contributed by atoms with Crippen LogP contribution in [0.25, 0.3) is 10.2 Å². The summed E-state index contributed by atoms with van der Waals surface area (Å²) in [4.78, 5) is 43.6. The monoisotopic (exact) mass is 511 g/mol. The lowest BCUT2D eigenvalue weighted by atomic mass is 10.2. The van der Waals surface area contributed by atoms with Gasteiger partial charge in [0, 0.05) is 0 Å². The second-order valence-corrected chi connectivity index (χ2v) is 9.04. The van der Waals surface area contributed by atoms with E-state index >= 15 is 0 Å². The summed E-state index contributed by atoms with van der Waals surface area (Å²) >= 11 is 7.19. The van der Waals surface area contributed by atoms with Crippen molar-refractivity contribution in [2.75, 3.05) is 18.5 Å². The maximum absolute atomic E-state index is 13.2. The molecule has 0 aliphatic carbocycles. The Labute approximate surface area is 210 Å². The number of benzene rings is 2. The largest absolute Gasteiger partial charge is 0.490 e. The highest BCUT2D eigenvalue weighted by molar-refractivity contribution is 7.20. The van der Waals surface area contributed by atoms with Crippen molar-refractivity contribution < 1.29 is 19.1 Å². The molecule has 8 nitrogen and oxygen atoms in total. The number of para-hydroxylation sites is 2. The Hall–Kier alpha value is -3.69. The number of fused-ring (bicyclic) bond motifs is 1. The number of esters is 1. The first kappa shape index (κ1) is 24.4. The van der Waals surface area contributed by atoms with Gasteiger partial charge in [-0.15, -0.1) is 11.3 Å². The number of ether oxygens (including phenoxy) is 2. The Bertz CT molecular complexity index is 1430. The Morgan fingerprint density at radius 2 is 1.83 bits per heavy atom. The summed E-state index contributed by atoms with van der Waals surface area (Å²) in [6, 6.07) is 15.2. The number of nitrogens with one attached hydrogen (secondary N) is 1. The molecule has 2 heterocycles. The number of amides is 1. The normalized spacial score (nSPS) is 11.7. The predicted octanol–water partition coefficient (Wildman–Crippen LogP) is 4.86. The van der Waals surface area contributed by atoms with Crippen molar-refractivity contribution in [3.8, 4) is 5.75 Å². The minimum Gasteiger partial charge on any atom is -0.490 e. The molecule has 0 aliphatic heterocycles. The zero-order valence-electron chi connectivity index (χ0n) is 19.0. The molecule has 35 heavy (non-hydrogen) atoms. The third-order valence-corrected chi connectivity index (χ3v) is 6.83. The first-order valence-corrected chi connectivity index (χ1v) is 12.0. The molecule has 1 amide bonds. The topological polar surface area (TPSA) is 99.5 Å². The number of thiophene rings is 1. The minimum absolute atomic E-state index is 0.0539. The molecular formula is C25H22ClN3O5S. The molecule has 10 heteroatoms. The molecule has 1 atom stereocenters. The summed E-state index contributed by atoms with van der Waals surface area (Å²) in [6.45, 7) is 3.50. The smallest absolute Gasteiger partial charge is 0.348 e. The molecule has 0 fully saturated rings. The average Bonchev–Trinajstić information content (AvgIpc) is 3.20. The zero-order valence-corrected chi connectivity index (χ0v) is 20.6. The summed E-state index contributed by atoms with van der Waals surface area (Å²) in [7, 11) is 0. The number of rotatable bonds is 8. The van der Waals surface area contributed by atoms with E-state index in [0.717, 1.165) is 11.3 Å². The SMILES string of the molecule is Cc1c(C(=O)OCCOc2ccccc2)sc2ncn(C(C)C(=O)Nc3ccccc3Cl)c(=O)c12. The van der Waals surface area contributed by atoms with Gasteiger partial charge in [-0.05, 0) is 43.7 Å². The maximum Gasteiger partial charge on any atom is 0.348 e. The van der Waals surface area contributed by atoms with Gasteiger partial charge in [0.1, 0.15) is 34.7 Å². The number of nitrogens with zero attached hydrogens (tertiary/aromatic N) is 2. The van der Waals surface area contributed by atoms with Crippen molar-refractivity contribution in [3.63, 3.8) is 0 Å². The molecule has 0 radical (unpaired) electrons. The molecule has 1 N–H and O–H groups in total. The number of hydrogen-bond acceptors (Lipinski definition) is 7. The van der Waals surface area contributed by atoms with Gasteiger partial charge in [-0.1, -0.05) is 41.9 Å². The number of hydrogen-bond donors (Lipinski definition) is 1.